The monoisotopic (exact) mass is 345 g/mol. The average molecular weight is 345 g/mol. The van der Waals surface area contributed by atoms with E-state index in [1.54, 1.807) is 0 Å². The fourth-order valence-electron chi connectivity index (χ4n) is 2.35. The van der Waals surface area contributed by atoms with Crippen LogP contribution in [0.2, 0.25) is 0 Å². The van der Waals surface area contributed by atoms with Crippen LogP contribution in [-0.2, 0) is 0 Å². The normalized spacial score (nSPS) is 24.6. The van der Waals surface area contributed by atoms with Gasteiger partial charge < -0.3 is 15.5 Å². The van der Waals surface area contributed by atoms with Crippen LogP contribution in [0.4, 0.5) is 11.4 Å². The lowest BCUT2D eigenvalue weighted by atomic mass is 10.2. The molecule has 2 rings (SSSR count). The van der Waals surface area contributed by atoms with Crippen molar-refractivity contribution < 1.29 is 0 Å². The summed E-state index contributed by atoms with van der Waals surface area (Å²) in [6.45, 7) is 3.19. The molecule has 0 saturated carbocycles. The maximum Gasteiger partial charge on any atom is 0.0964 e. The molecular formula is C13H20IN3. The van der Waals surface area contributed by atoms with Crippen molar-refractivity contribution in [1.82, 2.24) is 4.90 Å². The molecule has 0 amide bonds. The quantitative estimate of drug-likeness (QED) is 0.387. The Morgan fingerprint density at radius 2 is 2.12 bits per heavy atom. The highest BCUT2D eigenvalue weighted by Gasteiger charge is 2.33. The van der Waals surface area contributed by atoms with Crippen LogP contribution < -0.4 is 10.6 Å². The third-order valence-electron chi connectivity index (χ3n) is 3.53. The lowest BCUT2D eigenvalue weighted by Gasteiger charge is -2.28. The second-order valence-electron chi connectivity index (χ2n) is 4.93. The van der Waals surface area contributed by atoms with Crippen LogP contribution in [0.25, 0.3) is 0 Å². The maximum atomic E-state index is 5.87. The molecule has 17 heavy (non-hydrogen) atoms. The topological polar surface area (TPSA) is 32.5 Å². The lowest BCUT2D eigenvalue weighted by molar-refractivity contribution is 0.310. The molecule has 1 aliphatic heterocycles. The second kappa shape index (κ2) is 5.02. The van der Waals surface area contributed by atoms with Crippen molar-refractivity contribution in [2.24, 2.45) is 0 Å². The number of halogens is 1. The molecule has 1 aromatic carbocycles. The van der Waals surface area contributed by atoms with Gasteiger partial charge in [0.15, 0.2) is 0 Å². The number of hydrogen-bond donors (Lipinski definition) is 1. The number of hydrogen-bond acceptors (Lipinski definition) is 3. The highest BCUT2D eigenvalue weighted by Crippen LogP contribution is 2.32. The SMILES string of the molecule is Cc1cc(N2CCC(N(C)C)C2I)ccc1N. The fraction of sp³-hybridized carbons (Fsp3) is 0.538. The molecule has 1 aliphatic rings. The van der Waals surface area contributed by atoms with E-state index in [1.165, 1.54) is 17.7 Å². The number of aryl methyl sites for hydroxylation is 1. The molecule has 0 aromatic heterocycles. The number of alkyl halides is 1. The van der Waals surface area contributed by atoms with Gasteiger partial charge in [-0.2, -0.15) is 0 Å². The first-order valence-electron chi connectivity index (χ1n) is 5.94. The highest BCUT2D eigenvalue weighted by atomic mass is 127. The number of rotatable bonds is 2. The van der Waals surface area contributed by atoms with E-state index >= 15 is 0 Å². The van der Waals surface area contributed by atoms with Gasteiger partial charge in [0.2, 0.25) is 0 Å². The van der Waals surface area contributed by atoms with Gasteiger partial charge in [-0.1, -0.05) is 22.6 Å². The number of nitrogens with zero attached hydrogens (tertiary/aromatic N) is 2. The molecule has 1 aromatic rings. The van der Waals surface area contributed by atoms with Gasteiger partial charge in [0.25, 0.3) is 0 Å². The molecule has 0 aliphatic carbocycles. The molecule has 2 atom stereocenters. The molecule has 4 heteroatoms. The van der Waals surface area contributed by atoms with E-state index in [2.05, 4.69) is 65.5 Å². The highest BCUT2D eigenvalue weighted by molar-refractivity contribution is 14.1. The molecule has 2 unspecified atom stereocenters. The zero-order valence-electron chi connectivity index (χ0n) is 10.7. The van der Waals surface area contributed by atoms with Crippen molar-refractivity contribution in [1.29, 1.82) is 0 Å². The van der Waals surface area contributed by atoms with E-state index in [4.69, 9.17) is 5.73 Å². The Morgan fingerprint density at radius 3 is 2.65 bits per heavy atom. The van der Waals surface area contributed by atoms with Crippen molar-refractivity contribution in [3.63, 3.8) is 0 Å². The van der Waals surface area contributed by atoms with E-state index in [9.17, 15) is 0 Å². The van der Waals surface area contributed by atoms with Gasteiger partial charge in [-0.25, -0.2) is 0 Å². The second-order valence-corrected chi connectivity index (χ2v) is 6.20. The average Bonchev–Trinajstić information content (AvgIpc) is 2.64. The summed E-state index contributed by atoms with van der Waals surface area (Å²) in [4.78, 5) is 4.79. The van der Waals surface area contributed by atoms with Crippen LogP contribution in [0, 0.1) is 6.92 Å². The third kappa shape index (κ3) is 2.52. The predicted molar refractivity (Wildman–Crippen MR) is 82.8 cm³/mol. The molecule has 1 saturated heterocycles. The Kier molecular flexibility index (Phi) is 3.82. The van der Waals surface area contributed by atoms with Gasteiger partial charge in [0, 0.05) is 24.0 Å². The Morgan fingerprint density at radius 1 is 1.41 bits per heavy atom. The number of nitrogen functional groups attached to an aromatic ring is 1. The summed E-state index contributed by atoms with van der Waals surface area (Å²) < 4.78 is 0.533. The molecule has 0 radical (unpaired) electrons. The number of benzene rings is 1. The summed E-state index contributed by atoms with van der Waals surface area (Å²) in [6, 6.07) is 6.97. The Balaban J connectivity index is 2.21. The van der Waals surface area contributed by atoms with E-state index in [0.717, 1.165) is 12.2 Å². The van der Waals surface area contributed by atoms with Crippen LogP contribution in [0.5, 0.6) is 0 Å². The van der Waals surface area contributed by atoms with Gasteiger partial charge in [-0.05, 0) is 51.2 Å². The summed E-state index contributed by atoms with van der Waals surface area (Å²) in [6.07, 6.45) is 1.23. The minimum Gasteiger partial charge on any atom is -0.399 e. The zero-order valence-corrected chi connectivity index (χ0v) is 12.8. The first-order valence-corrected chi connectivity index (χ1v) is 7.18. The summed E-state index contributed by atoms with van der Waals surface area (Å²) in [7, 11) is 4.32. The summed E-state index contributed by atoms with van der Waals surface area (Å²) in [5.74, 6) is 0. The smallest absolute Gasteiger partial charge is 0.0964 e. The van der Waals surface area contributed by atoms with E-state index in [0.29, 0.717) is 10.1 Å². The summed E-state index contributed by atoms with van der Waals surface area (Å²) in [5, 5.41) is 0. The Bertz CT molecular complexity index is 406. The van der Waals surface area contributed by atoms with Crippen LogP contribution in [-0.4, -0.2) is 35.6 Å². The minimum absolute atomic E-state index is 0.533. The molecule has 0 bridgehead atoms. The number of nitrogens with two attached hydrogens (primary N) is 1. The molecule has 94 valence electrons. The minimum atomic E-state index is 0.533. The van der Waals surface area contributed by atoms with Crippen LogP contribution in [0.3, 0.4) is 0 Å². The lowest BCUT2D eigenvalue weighted by Crippen LogP contribution is -2.37. The van der Waals surface area contributed by atoms with Crippen molar-refractivity contribution >= 4 is 34.0 Å². The first-order chi connectivity index (χ1) is 8.00. The van der Waals surface area contributed by atoms with E-state index < -0.39 is 0 Å². The molecule has 2 N–H and O–H groups in total. The van der Waals surface area contributed by atoms with E-state index in [-0.39, 0.29) is 0 Å². The molecule has 1 heterocycles. The van der Waals surface area contributed by atoms with Crippen LogP contribution in [0.15, 0.2) is 18.2 Å². The van der Waals surface area contributed by atoms with Gasteiger partial charge in [0.1, 0.15) is 0 Å². The summed E-state index contributed by atoms with van der Waals surface area (Å²) in [5.41, 5.74) is 9.20. The zero-order chi connectivity index (χ0) is 12.6. The number of likely N-dealkylation sites (N-methyl/N-ethyl adjacent to an activating group) is 1. The van der Waals surface area contributed by atoms with Gasteiger partial charge in [-0.15, -0.1) is 0 Å². The van der Waals surface area contributed by atoms with Crippen LogP contribution >= 0.6 is 22.6 Å². The van der Waals surface area contributed by atoms with Gasteiger partial charge in [-0.3, -0.25) is 0 Å². The van der Waals surface area contributed by atoms with Crippen molar-refractivity contribution in [2.45, 2.75) is 23.4 Å². The predicted octanol–water partition coefficient (Wildman–Crippen LogP) is 2.48. The Hall–Kier alpha value is -0.490. The standard InChI is InChI=1S/C13H20IN3/c1-9-8-10(4-5-11(9)15)17-7-6-12(13(17)14)16(2)3/h4-5,8,12-13H,6-7,15H2,1-3H3. The molecule has 3 nitrogen and oxygen atoms in total. The Labute approximate surface area is 117 Å². The van der Waals surface area contributed by atoms with E-state index in [1.807, 2.05) is 6.07 Å². The molecule has 1 fully saturated rings. The fourth-order valence-corrected chi connectivity index (χ4v) is 3.96. The number of anilines is 2. The third-order valence-corrected chi connectivity index (χ3v) is 5.03. The largest absolute Gasteiger partial charge is 0.399 e. The first kappa shape index (κ1) is 13.0. The summed E-state index contributed by atoms with van der Waals surface area (Å²) >= 11 is 2.55. The van der Waals surface area contributed by atoms with Crippen LogP contribution in [0.1, 0.15) is 12.0 Å². The molecule has 0 spiro atoms. The van der Waals surface area contributed by atoms with Crippen molar-refractivity contribution in [3.8, 4) is 0 Å². The van der Waals surface area contributed by atoms with Crippen molar-refractivity contribution in [2.75, 3.05) is 31.3 Å². The van der Waals surface area contributed by atoms with Crippen molar-refractivity contribution in [3.05, 3.63) is 23.8 Å². The van der Waals surface area contributed by atoms with Gasteiger partial charge >= 0.3 is 0 Å². The van der Waals surface area contributed by atoms with Gasteiger partial charge in [0.05, 0.1) is 4.05 Å². The maximum absolute atomic E-state index is 5.87. The molecular weight excluding hydrogens is 325 g/mol.